The summed E-state index contributed by atoms with van der Waals surface area (Å²) in [5.41, 5.74) is 10.3. The van der Waals surface area contributed by atoms with E-state index in [2.05, 4.69) is 148 Å². The molecule has 0 fully saturated rings. The molecule has 3 aromatic heterocycles. The van der Waals surface area contributed by atoms with Crippen LogP contribution in [-0.4, -0.2) is 21.7 Å². The highest BCUT2D eigenvalue weighted by Crippen LogP contribution is 2.42. The van der Waals surface area contributed by atoms with E-state index in [4.69, 9.17) is 9.41 Å². The van der Waals surface area contributed by atoms with Crippen molar-refractivity contribution in [2.45, 2.75) is 6.54 Å². The van der Waals surface area contributed by atoms with E-state index in [0.717, 1.165) is 61.0 Å². The summed E-state index contributed by atoms with van der Waals surface area (Å²) < 4.78 is 11.3. The highest BCUT2D eigenvalue weighted by molar-refractivity contribution is 6.21. The van der Waals surface area contributed by atoms with Crippen molar-refractivity contribution in [1.29, 1.82) is 0 Å². The number of furan rings is 1. The standard InChI is InChI=1S/C45H30N4O/c1-46-45(47-28-29-14-4-2-5-15-29)30-24-41(44-34-20-10-13-23-42(34)50-43(44)25-30)49-38-22-12-9-19-33(38)36-26-35-32-18-8-11-21-37(32)48(39(35)27-40(36)49)31-16-6-3-7-17-31/h2-27H,1,28H2/b47-45-. The Bertz CT molecular complexity index is 2960. The molecule has 0 saturated carbocycles. The van der Waals surface area contributed by atoms with E-state index in [1.165, 1.54) is 27.1 Å². The largest absolute Gasteiger partial charge is 0.456 e. The highest BCUT2D eigenvalue weighted by atomic mass is 16.3. The van der Waals surface area contributed by atoms with Gasteiger partial charge in [-0.2, -0.15) is 0 Å². The van der Waals surface area contributed by atoms with Gasteiger partial charge >= 0.3 is 0 Å². The lowest BCUT2D eigenvalue weighted by Crippen LogP contribution is -2.02. The Morgan fingerprint density at radius 2 is 1.12 bits per heavy atom. The molecule has 5 nitrogen and oxygen atoms in total. The van der Waals surface area contributed by atoms with Gasteiger partial charge in [0.2, 0.25) is 0 Å². The summed E-state index contributed by atoms with van der Waals surface area (Å²) in [7, 11) is 0. The number of amidine groups is 1. The minimum absolute atomic E-state index is 0.500. The number of aromatic nitrogens is 2. The average Bonchev–Trinajstić information content (AvgIpc) is 3.82. The van der Waals surface area contributed by atoms with Crippen LogP contribution in [0.5, 0.6) is 0 Å². The zero-order chi connectivity index (χ0) is 33.2. The zero-order valence-corrected chi connectivity index (χ0v) is 27.1. The van der Waals surface area contributed by atoms with Crippen molar-refractivity contribution in [2.24, 2.45) is 9.98 Å². The summed E-state index contributed by atoms with van der Waals surface area (Å²) in [6.45, 7) is 4.44. The van der Waals surface area contributed by atoms with Crippen LogP contribution >= 0.6 is 0 Å². The van der Waals surface area contributed by atoms with E-state index in [-0.39, 0.29) is 0 Å². The van der Waals surface area contributed by atoms with Gasteiger partial charge in [0.05, 0.1) is 39.7 Å². The molecule has 10 rings (SSSR count). The van der Waals surface area contributed by atoms with Gasteiger partial charge in [-0.25, -0.2) is 4.99 Å². The lowest BCUT2D eigenvalue weighted by atomic mass is 10.1. The second-order valence-corrected chi connectivity index (χ2v) is 12.7. The second kappa shape index (κ2) is 11.2. The van der Waals surface area contributed by atoms with Crippen molar-refractivity contribution >= 4 is 78.1 Å². The third kappa shape index (κ3) is 4.27. The van der Waals surface area contributed by atoms with Crippen LogP contribution in [0.2, 0.25) is 0 Å². The van der Waals surface area contributed by atoms with Crippen molar-refractivity contribution in [3.05, 3.63) is 169 Å². The Hall–Kier alpha value is -6.72. The predicted octanol–water partition coefficient (Wildman–Crippen LogP) is 11.4. The molecule has 0 atom stereocenters. The van der Waals surface area contributed by atoms with Crippen LogP contribution < -0.4 is 0 Å². The van der Waals surface area contributed by atoms with E-state index in [1.54, 1.807) is 0 Å². The first-order valence-electron chi connectivity index (χ1n) is 16.8. The molecule has 0 saturated heterocycles. The minimum atomic E-state index is 0.500. The fourth-order valence-corrected chi connectivity index (χ4v) is 7.67. The summed E-state index contributed by atoms with van der Waals surface area (Å²) in [5.74, 6) is 0.574. The van der Waals surface area contributed by atoms with Crippen molar-refractivity contribution in [2.75, 3.05) is 0 Å². The molecule has 10 aromatic rings. The van der Waals surface area contributed by atoms with Crippen molar-refractivity contribution < 1.29 is 4.42 Å². The molecule has 0 radical (unpaired) electrons. The van der Waals surface area contributed by atoms with E-state index >= 15 is 0 Å². The van der Waals surface area contributed by atoms with Crippen LogP contribution in [0.3, 0.4) is 0 Å². The summed E-state index contributed by atoms with van der Waals surface area (Å²) in [4.78, 5) is 9.37. The quantitative estimate of drug-likeness (QED) is 0.136. The molecule has 0 unspecified atom stereocenters. The van der Waals surface area contributed by atoms with Gasteiger partial charge in [-0.3, -0.25) is 4.99 Å². The third-order valence-electron chi connectivity index (χ3n) is 9.84. The number of hydrogen-bond donors (Lipinski definition) is 0. The molecule has 5 heteroatoms. The molecule has 236 valence electrons. The van der Waals surface area contributed by atoms with Crippen LogP contribution in [0.25, 0.3) is 76.9 Å². The summed E-state index contributed by atoms with van der Waals surface area (Å²) >= 11 is 0. The maximum atomic E-state index is 6.57. The summed E-state index contributed by atoms with van der Waals surface area (Å²) in [6, 6.07) is 55.4. The lowest BCUT2D eigenvalue weighted by molar-refractivity contribution is 0.668. The molecule has 0 aliphatic heterocycles. The van der Waals surface area contributed by atoms with Gasteiger partial charge in [0.15, 0.2) is 5.84 Å². The van der Waals surface area contributed by atoms with Crippen molar-refractivity contribution in [3.63, 3.8) is 0 Å². The predicted molar refractivity (Wildman–Crippen MR) is 209 cm³/mol. The molecule has 0 aliphatic rings. The first-order chi connectivity index (χ1) is 24.8. The summed E-state index contributed by atoms with van der Waals surface area (Å²) in [6.07, 6.45) is 0. The Morgan fingerprint density at radius 3 is 1.84 bits per heavy atom. The Kier molecular flexibility index (Phi) is 6.33. The number of aliphatic imine (C=N–C) groups is 2. The lowest BCUT2D eigenvalue weighted by Gasteiger charge is -2.13. The number of nitrogens with zero attached hydrogens (tertiary/aromatic N) is 4. The number of rotatable bonds is 5. The van der Waals surface area contributed by atoms with Gasteiger partial charge in [0.25, 0.3) is 0 Å². The van der Waals surface area contributed by atoms with Gasteiger partial charge in [-0.05, 0) is 66.9 Å². The van der Waals surface area contributed by atoms with Crippen molar-refractivity contribution in [1.82, 2.24) is 9.13 Å². The molecule has 0 aliphatic carbocycles. The average molecular weight is 643 g/mol. The molecule has 0 bridgehead atoms. The first-order valence-corrected chi connectivity index (χ1v) is 16.8. The smallest absolute Gasteiger partial charge is 0.154 e. The molecule has 0 N–H and O–H groups in total. The van der Waals surface area contributed by atoms with E-state index in [9.17, 15) is 0 Å². The SMILES string of the molecule is C=N/C(=N\Cc1ccccc1)c1cc(-n2c3ccccc3c3cc4c5ccccc5n(-c5ccccc5)c4cc32)c2c(c1)oc1ccccc12. The molecular formula is C45H30N4O. The van der Waals surface area contributed by atoms with E-state index < -0.39 is 0 Å². The minimum Gasteiger partial charge on any atom is -0.456 e. The van der Waals surface area contributed by atoms with Gasteiger partial charge in [-0.1, -0.05) is 103 Å². The number of fused-ring (bicyclic) bond motifs is 9. The topological polar surface area (TPSA) is 47.7 Å². The summed E-state index contributed by atoms with van der Waals surface area (Å²) in [5, 5.41) is 6.93. The van der Waals surface area contributed by atoms with Crippen LogP contribution in [0, 0.1) is 0 Å². The normalized spacial score (nSPS) is 12.3. The maximum Gasteiger partial charge on any atom is 0.154 e. The van der Waals surface area contributed by atoms with Gasteiger partial charge < -0.3 is 13.6 Å². The fraction of sp³-hybridized carbons (Fsp3) is 0.0222. The molecule has 0 amide bonds. The Balaban J connectivity index is 1.33. The Labute approximate surface area is 287 Å². The first kappa shape index (κ1) is 28.3. The van der Waals surface area contributed by atoms with Crippen LogP contribution in [0.15, 0.2) is 172 Å². The number of hydrogen-bond acceptors (Lipinski definition) is 2. The van der Waals surface area contributed by atoms with Crippen LogP contribution in [-0.2, 0) is 6.54 Å². The van der Waals surface area contributed by atoms with Crippen LogP contribution in [0.4, 0.5) is 0 Å². The van der Waals surface area contributed by atoms with Crippen LogP contribution in [0.1, 0.15) is 11.1 Å². The monoisotopic (exact) mass is 642 g/mol. The van der Waals surface area contributed by atoms with Gasteiger partial charge in [-0.15, -0.1) is 0 Å². The highest BCUT2D eigenvalue weighted by Gasteiger charge is 2.22. The van der Waals surface area contributed by atoms with Gasteiger partial charge in [0, 0.05) is 38.2 Å². The Morgan fingerprint density at radius 1 is 0.520 bits per heavy atom. The van der Waals surface area contributed by atoms with Crippen molar-refractivity contribution in [3.8, 4) is 11.4 Å². The molecule has 7 aromatic carbocycles. The second-order valence-electron chi connectivity index (χ2n) is 12.7. The molecular weight excluding hydrogens is 613 g/mol. The zero-order valence-electron chi connectivity index (χ0n) is 27.1. The molecule has 0 spiro atoms. The maximum absolute atomic E-state index is 6.57. The molecule has 3 heterocycles. The van der Waals surface area contributed by atoms with E-state index in [0.29, 0.717) is 12.4 Å². The third-order valence-corrected chi connectivity index (χ3v) is 9.84. The van der Waals surface area contributed by atoms with E-state index in [1.807, 2.05) is 30.3 Å². The molecule has 50 heavy (non-hydrogen) atoms. The number of benzene rings is 7. The number of para-hydroxylation sites is 4. The van der Waals surface area contributed by atoms with Gasteiger partial charge in [0.1, 0.15) is 11.2 Å². The fourth-order valence-electron chi connectivity index (χ4n) is 7.67.